The number of rotatable bonds is 21. The first-order valence-corrected chi connectivity index (χ1v) is 23.6. The predicted octanol–water partition coefficient (Wildman–Crippen LogP) is 15.7. The van der Waals surface area contributed by atoms with Crippen molar-refractivity contribution in [2.45, 2.75) is 158 Å². The SMILES string of the molecule is CCCC.CCCCC1CCCCCN(c2ccc(-c3ccnc(-c4cc(-c5ccc(N(CC(CC)CCCC)CC(CC)CCCC)cc5)ccn4)c3)cc2)C1. The summed E-state index contributed by atoms with van der Waals surface area (Å²) in [5.74, 6) is 2.31. The first kappa shape index (κ1) is 46.0. The van der Waals surface area contributed by atoms with Crippen LogP contribution in [0.2, 0.25) is 0 Å². The number of pyridine rings is 2. The Labute approximate surface area is 350 Å². The molecule has 0 spiro atoms. The highest BCUT2D eigenvalue weighted by atomic mass is 15.1. The van der Waals surface area contributed by atoms with Crippen molar-refractivity contribution in [3.05, 3.63) is 85.2 Å². The number of nitrogens with zero attached hydrogens (tertiary/aromatic N) is 4. The van der Waals surface area contributed by atoms with E-state index in [4.69, 9.17) is 9.97 Å². The highest BCUT2D eigenvalue weighted by Crippen LogP contribution is 2.32. The van der Waals surface area contributed by atoms with Gasteiger partial charge in [-0.3, -0.25) is 9.97 Å². The standard InChI is InChI=1S/C49H70N4.C4H10/c1-6-11-17-39(9-4)36-53(37-40(10-5)18-12-7-2)47-27-23-43(24-28-47)45-30-32-51-49(35-45)48-34-44(29-31-50-48)42-21-25-46(26-22-42)52-33-16-14-15-20-41(38-52)19-13-8-3;1-3-4-2/h21-32,34-35,39-41H,6-20,33,36-38H2,1-5H3;3-4H2,1-2H3. The van der Waals surface area contributed by atoms with Crippen molar-refractivity contribution < 1.29 is 0 Å². The number of anilines is 2. The Hall–Kier alpha value is -3.66. The van der Waals surface area contributed by atoms with Gasteiger partial charge in [-0.15, -0.1) is 0 Å². The highest BCUT2D eigenvalue weighted by Gasteiger charge is 2.19. The van der Waals surface area contributed by atoms with E-state index >= 15 is 0 Å². The lowest BCUT2D eigenvalue weighted by molar-refractivity contribution is 0.390. The largest absolute Gasteiger partial charge is 0.371 e. The monoisotopic (exact) mass is 773 g/mol. The molecule has 312 valence electrons. The van der Waals surface area contributed by atoms with Crippen molar-refractivity contribution in [2.24, 2.45) is 17.8 Å². The van der Waals surface area contributed by atoms with Crippen molar-refractivity contribution >= 4 is 11.4 Å². The molecule has 1 aliphatic heterocycles. The minimum Gasteiger partial charge on any atom is -0.371 e. The van der Waals surface area contributed by atoms with Gasteiger partial charge in [-0.25, -0.2) is 0 Å². The number of unbranched alkanes of at least 4 members (excludes halogenated alkanes) is 4. The van der Waals surface area contributed by atoms with Crippen molar-refractivity contribution in [1.82, 2.24) is 9.97 Å². The first-order chi connectivity index (χ1) is 28.0. The van der Waals surface area contributed by atoms with Crippen LogP contribution in [0.4, 0.5) is 11.4 Å². The molecule has 0 amide bonds. The van der Waals surface area contributed by atoms with Crippen LogP contribution < -0.4 is 9.80 Å². The van der Waals surface area contributed by atoms with Crippen molar-refractivity contribution in [3.8, 4) is 33.6 Å². The second kappa shape index (κ2) is 26.4. The molecular weight excluding hydrogens is 693 g/mol. The van der Waals surface area contributed by atoms with E-state index in [0.29, 0.717) is 0 Å². The molecule has 2 aromatic carbocycles. The molecule has 2 aromatic heterocycles. The smallest absolute Gasteiger partial charge is 0.0892 e. The average molecular weight is 773 g/mol. The van der Waals surface area contributed by atoms with Gasteiger partial charge in [0.2, 0.25) is 0 Å². The number of benzene rings is 2. The van der Waals surface area contributed by atoms with E-state index in [1.807, 2.05) is 12.4 Å². The summed E-state index contributed by atoms with van der Waals surface area (Å²) < 4.78 is 0. The molecule has 0 saturated carbocycles. The van der Waals surface area contributed by atoms with Gasteiger partial charge in [-0.05, 0) is 121 Å². The molecule has 57 heavy (non-hydrogen) atoms. The van der Waals surface area contributed by atoms with Gasteiger partial charge in [0.25, 0.3) is 0 Å². The fourth-order valence-electron chi connectivity index (χ4n) is 8.34. The van der Waals surface area contributed by atoms with Crippen LogP contribution in [0.5, 0.6) is 0 Å². The van der Waals surface area contributed by atoms with Crippen LogP contribution in [0.25, 0.3) is 33.6 Å². The fraction of sp³-hybridized carbons (Fsp3) is 0.585. The first-order valence-electron chi connectivity index (χ1n) is 23.6. The van der Waals surface area contributed by atoms with Crippen LogP contribution >= 0.6 is 0 Å². The van der Waals surface area contributed by atoms with Gasteiger partial charge >= 0.3 is 0 Å². The second-order valence-electron chi connectivity index (χ2n) is 17.0. The van der Waals surface area contributed by atoms with Gasteiger partial charge < -0.3 is 9.80 Å². The zero-order valence-corrected chi connectivity index (χ0v) is 37.5. The molecular formula is C53H80N4. The summed E-state index contributed by atoms with van der Waals surface area (Å²) in [6.45, 7) is 20.7. The molecule has 1 aliphatic rings. The normalized spacial score (nSPS) is 15.6. The van der Waals surface area contributed by atoms with E-state index < -0.39 is 0 Å². The van der Waals surface area contributed by atoms with Gasteiger partial charge in [-0.2, -0.15) is 0 Å². The summed E-state index contributed by atoms with van der Waals surface area (Å²) in [6.07, 6.45) is 26.3. The summed E-state index contributed by atoms with van der Waals surface area (Å²) >= 11 is 0. The fourth-order valence-corrected chi connectivity index (χ4v) is 8.34. The molecule has 4 aromatic rings. The van der Waals surface area contributed by atoms with Gasteiger partial charge in [0, 0.05) is 49.9 Å². The Morgan fingerprint density at radius 1 is 0.579 bits per heavy atom. The third-order valence-electron chi connectivity index (χ3n) is 12.4. The zero-order chi connectivity index (χ0) is 40.7. The molecule has 0 radical (unpaired) electrons. The summed E-state index contributed by atoms with van der Waals surface area (Å²) in [4.78, 5) is 14.9. The van der Waals surface area contributed by atoms with E-state index in [0.717, 1.165) is 42.2 Å². The third-order valence-corrected chi connectivity index (χ3v) is 12.4. The second-order valence-corrected chi connectivity index (χ2v) is 17.0. The minimum absolute atomic E-state index is 0.745. The maximum Gasteiger partial charge on any atom is 0.0892 e. The van der Waals surface area contributed by atoms with E-state index in [1.54, 1.807) is 0 Å². The molecule has 3 atom stereocenters. The lowest BCUT2D eigenvalue weighted by Gasteiger charge is -2.32. The lowest BCUT2D eigenvalue weighted by Crippen LogP contribution is -2.34. The van der Waals surface area contributed by atoms with Crippen molar-refractivity contribution in [3.63, 3.8) is 0 Å². The third kappa shape index (κ3) is 15.2. The average Bonchev–Trinajstić information content (AvgIpc) is 3.26. The maximum atomic E-state index is 4.79. The van der Waals surface area contributed by atoms with E-state index in [-0.39, 0.29) is 0 Å². The van der Waals surface area contributed by atoms with E-state index in [2.05, 4.69) is 131 Å². The van der Waals surface area contributed by atoms with Crippen LogP contribution in [0.3, 0.4) is 0 Å². The summed E-state index contributed by atoms with van der Waals surface area (Å²) in [5.41, 5.74) is 9.35. The van der Waals surface area contributed by atoms with Crippen LogP contribution in [-0.2, 0) is 0 Å². The summed E-state index contributed by atoms with van der Waals surface area (Å²) in [5, 5.41) is 0. The van der Waals surface area contributed by atoms with E-state index in [9.17, 15) is 0 Å². The quantitative estimate of drug-likeness (QED) is 0.0844. The molecule has 4 heteroatoms. The van der Waals surface area contributed by atoms with Crippen LogP contribution in [-0.4, -0.2) is 36.1 Å². The highest BCUT2D eigenvalue weighted by molar-refractivity contribution is 5.74. The molecule has 0 bridgehead atoms. The molecule has 1 fully saturated rings. The minimum atomic E-state index is 0.745. The van der Waals surface area contributed by atoms with Gasteiger partial charge in [0.05, 0.1) is 11.4 Å². The van der Waals surface area contributed by atoms with Gasteiger partial charge in [0.1, 0.15) is 0 Å². The maximum absolute atomic E-state index is 4.79. The van der Waals surface area contributed by atoms with Crippen LogP contribution in [0, 0.1) is 17.8 Å². The Bertz CT molecular complexity index is 1610. The topological polar surface area (TPSA) is 32.3 Å². The van der Waals surface area contributed by atoms with Gasteiger partial charge in [-0.1, -0.05) is 150 Å². The summed E-state index contributed by atoms with van der Waals surface area (Å²) in [7, 11) is 0. The number of aromatic nitrogens is 2. The van der Waals surface area contributed by atoms with Crippen molar-refractivity contribution in [1.29, 1.82) is 0 Å². The Morgan fingerprint density at radius 3 is 1.60 bits per heavy atom. The molecule has 0 N–H and O–H groups in total. The molecule has 0 aliphatic carbocycles. The molecule has 5 rings (SSSR count). The lowest BCUT2D eigenvalue weighted by atomic mass is 9.93. The van der Waals surface area contributed by atoms with Crippen LogP contribution in [0.15, 0.2) is 85.2 Å². The Kier molecular flexibility index (Phi) is 21.3. The van der Waals surface area contributed by atoms with Gasteiger partial charge in [0.15, 0.2) is 0 Å². The number of hydrogen-bond acceptors (Lipinski definition) is 4. The number of hydrogen-bond donors (Lipinski definition) is 0. The Balaban J connectivity index is 0.00000172. The molecule has 3 heterocycles. The van der Waals surface area contributed by atoms with E-state index in [1.165, 1.54) is 156 Å². The molecule has 4 nitrogen and oxygen atoms in total. The molecule has 1 saturated heterocycles. The predicted molar refractivity (Wildman–Crippen MR) is 251 cm³/mol. The Morgan fingerprint density at radius 2 is 1.11 bits per heavy atom. The summed E-state index contributed by atoms with van der Waals surface area (Å²) in [6, 6.07) is 27.2. The molecule has 3 unspecified atom stereocenters. The van der Waals surface area contributed by atoms with Crippen molar-refractivity contribution in [2.75, 3.05) is 36.0 Å². The zero-order valence-electron chi connectivity index (χ0n) is 37.5. The van der Waals surface area contributed by atoms with Crippen LogP contribution in [0.1, 0.15) is 158 Å².